The van der Waals surface area contributed by atoms with Crippen molar-refractivity contribution in [2.45, 2.75) is 12.8 Å². The van der Waals surface area contributed by atoms with Crippen LogP contribution in [0.4, 0.5) is 0 Å². The molecule has 0 atom stereocenters. The highest BCUT2D eigenvalue weighted by molar-refractivity contribution is 7.12. The SMILES string of the molecule is O=C(NCC1(C(=O)O)CCOCC1)c1sccc1-c1ccccc1. The smallest absolute Gasteiger partial charge is 0.311 e. The molecule has 1 fully saturated rings. The number of carbonyl (C=O) groups is 2. The van der Waals surface area contributed by atoms with Crippen LogP contribution in [0.25, 0.3) is 11.1 Å². The predicted molar refractivity (Wildman–Crippen MR) is 92.2 cm³/mol. The molecule has 0 unspecified atom stereocenters. The van der Waals surface area contributed by atoms with Crippen LogP contribution < -0.4 is 5.32 Å². The summed E-state index contributed by atoms with van der Waals surface area (Å²) in [5, 5.41) is 14.3. The van der Waals surface area contributed by atoms with Crippen LogP contribution in [0.2, 0.25) is 0 Å². The van der Waals surface area contributed by atoms with Crippen LogP contribution in [0, 0.1) is 5.41 Å². The van der Waals surface area contributed by atoms with Crippen molar-refractivity contribution in [3.8, 4) is 11.1 Å². The quantitative estimate of drug-likeness (QED) is 0.873. The number of hydrogen-bond donors (Lipinski definition) is 2. The summed E-state index contributed by atoms with van der Waals surface area (Å²) in [6, 6.07) is 11.6. The molecule has 6 heteroatoms. The van der Waals surface area contributed by atoms with E-state index in [1.54, 1.807) is 0 Å². The lowest BCUT2D eigenvalue weighted by Gasteiger charge is -2.33. The second kappa shape index (κ2) is 7.15. The Hall–Kier alpha value is -2.18. The van der Waals surface area contributed by atoms with Crippen molar-refractivity contribution in [2.24, 2.45) is 5.41 Å². The van der Waals surface area contributed by atoms with E-state index in [1.807, 2.05) is 41.8 Å². The van der Waals surface area contributed by atoms with Crippen LogP contribution in [0.1, 0.15) is 22.5 Å². The Balaban J connectivity index is 1.74. The van der Waals surface area contributed by atoms with Gasteiger partial charge in [0.25, 0.3) is 5.91 Å². The third-order valence-corrected chi connectivity index (χ3v) is 5.36. The summed E-state index contributed by atoms with van der Waals surface area (Å²) in [5.74, 6) is -1.10. The summed E-state index contributed by atoms with van der Waals surface area (Å²) < 4.78 is 5.26. The lowest BCUT2D eigenvalue weighted by molar-refractivity contribution is -0.154. The summed E-state index contributed by atoms with van der Waals surface area (Å²) in [6.45, 7) is 0.948. The number of ether oxygens (including phenoxy) is 1. The van der Waals surface area contributed by atoms with Crippen LogP contribution in [0.15, 0.2) is 41.8 Å². The van der Waals surface area contributed by atoms with Gasteiger partial charge < -0.3 is 15.2 Å². The molecule has 1 aromatic carbocycles. The zero-order chi connectivity index (χ0) is 17.0. The Labute approximate surface area is 144 Å². The average molecular weight is 345 g/mol. The second-order valence-electron chi connectivity index (χ2n) is 5.91. The van der Waals surface area contributed by atoms with E-state index in [-0.39, 0.29) is 12.5 Å². The number of aliphatic carboxylic acids is 1. The molecule has 1 aliphatic heterocycles. The van der Waals surface area contributed by atoms with Gasteiger partial charge in [-0.15, -0.1) is 11.3 Å². The monoisotopic (exact) mass is 345 g/mol. The van der Waals surface area contributed by atoms with Gasteiger partial charge >= 0.3 is 5.97 Å². The zero-order valence-electron chi connectivity index (χ0n) is 13.2. The third-order valence-electron chi connectivity index (χ3n) is 4.45. The van der Waals surface area contributed by atoms with Gasteiger partial charge in [-0.2, -0.15) is 0 Å². The zero-order valence-corrected chi connectivity index (χ0v) is 14.0. The predicted octanol–water partition coefficient (Wildman–Crippen LogP) is 3.03. The van der Waals surface area contributed by atoms with Crippen LogP contribution in [-0.4, -0.2) is 36.7 Å². The second-order valence-corrected chi connectivity index (χ2v) is 6.83. The van der Waals surface area contributed by atoms with Crippen LogP contribution in [0.3, 0.4) is 0 Å². The first-order valence-corrected chi connectivity index (χ1v) is 8.73. The first kappa shape index (κ1) is 16.7. The minimum atomic E-state index is -0.932. The maximum atomic E-state index is 12.6. The fourth-order valence-electron chi connectivity index (χ4n) is 2.89. The number of thiophene rings is 1. The molecule has 3 rings (SSSR count). The molecule has 0 spiro atoms. The van der Waals surface area contributed by atoms with E-state index in [0.717, 1.165) is 11.1 Å². The van der Waals surface area contributed by atoms with E-state index in [4.69, 9.17) is 4.74 Å². The van der Waals surface area contributed by atoms with E-state index in [9.17, 15) is 14.7 Å². The lowest BCUT2D eigenvalue weighted by Crippen LogP contribution is -2.46. The molecule has 2 aromatic rings. The largest absolute Gasteiger partial charge is 0.481 e. The fraction of sp³-hybridized carbons (Fsp3) is 0.333. The normalized spacial score (nSPS) is 16.5. The molecule has 2 N–H and O–H groups in total. The Morgan fingerprint density at radius 1 is 1.17 bits per heavy atom. The molecule has 0 saturated carbocycles. The summed E-state index contributed by atoms with van der Waals surface area (Å²) in [6.07, 6.45) is 0.831. The molecular weight excluding hydrogens is 326 g/mol. The Kier molecular flexibility index (Phi) is 4.97. The van der Waals surface area contributed by atoms with Crippen LogP contribution in [0.5, 0.6) is 0 Å². The van der Waals surface area contributed by atoms with E-state index in [1.165, 1.54) is 11.3 Å². The topological polar surface area (TPSA) is 75.6 Å². The molecule has 0 bridgehead atoms. The molecule has 126 valence electrons. The van der Waals surface area contributed by atoms with Gasteiger partial charge in [-0.05, 0) is 29.9 Å². The number of benzene rings is 1. The molecule has 1 aliphatic rings. The standard InChI is InChI=1S/C18H19NO4S/c20-16(19-12-18(17(21)22)7-9-23-10-8-18)15-14(6-11-24-15)13-4-2-1-3-5-13/h1-6,11H,7-10,12H2,(H,19,20)(H,21,22). The van der Waals surface area contributed by atoms with Crippen molar-refractivity contribution >= 4 is 23.2 Å². The third kappa shape index (κ3) is 3.34. The Morgan fingerprint density at radius 3 is 2.54 bits per heavy atom. The van der Waals surface area contributed by atoms with Gasteiger partial charge in [0.2, 0.25) is 0 Å². The van der Waals surface area contributed by atoms with Gasteiger partial charge in [0.15, 0.2) is 0 Å². The van der Waals surface area contributed by atoms with Crippen molar-refractivity contribution in [2.75, 3.05) is 19.8 Å². The molecule has 0 radical (unpaired) electrons. The number of nitrogens with one attached hydrogen (secondary N) is 1. The van der Waals surface area contributed by atoms with Crippen LogP contribution in [-0.2, 0) is 9.53 Å². The Morgan fingerprint density at radius 2 is 1.88 bits per heavy atom. The van der Waals surface area contributed by atoms with Crippen molar-refractivity contribution in [1.82, 2.24) is 5.32 Å². The molecule has 2 heterocycles. The van der Waals surface area contributed by atoms with E-state index >= 15 is 0 Å². The van der Waals surface area contributed by atoms with Gasteiger partial charge in [-0.1, -0.05) is 30.3 Å². The molecule has 1 saturated heterocycles. The highest BCUT2D eigenvalue weighted by Gasteiger charge is 2.40. The van der Waals surface area contributed by atoms with Gasteiger partial charge in [0, 0.05) is 25.3 Å². The first-order valence-electron chi connectivity index (χ1n) is 7.85. The van der Waals surface area contributed by atoms with Gasteiger partial charge in [0.1, 0.15) is 0 Å². The molecule has 0 aliphatic carbocycles. The summed E-state index contributed by atoms with van der Waals surface area (Å²) in [7, 11) is 0. The van der Waals surface area contributed by atoms with E-state index in [0.29, 0.717) is 30.9 Å². The molecule has 1 aromatic heterocycles. The van der Waals surface area contributed by atoms with Gasteiger partial charge in [-0.3, -0.25) is 9.59 Å². The highest BCUT2D eigenvalue weighted by Crippen LogP contribution is 2.31. The number of carbonyl (C=O) groups excluding carboxylic acids is 1. The number of rotatable bonds is 5. The van der Waals surface area contributed by atoms with E-state index in [2.05, 4.69) is 5.32 Å². The average Bonchev–Trinajstić information content (AvgIpc) is 3.11. The maximum Gasteiger partial charge on any atom is 0.311 e. The van der Waals surface area contributed by atoms with Crippen molar-refractivity contribution < 1.29 is 19.4 Å². The minimum Gasteiger partial charge on any atom is -0.481 e. The summed E-state index contributed by atoms with van der Waals surface area (Å²) in [5.41, 5.74) is 0.912. The van der Waals surface area contributed by atoms with Gasteiger partial charge in [0.05, 0.1) is 10.3 Å². The number of carboxylic acid groups (broad SMARTS) is 1. The van der Waals surface area contributed by atoms with Gasteiger partial charge in [-0.25, -0.2) is 0 Å². The summed E-state index contributed by atoms with van der Waals surface area (Å²) >= 11 is 1.36. The molecule has 1 amide bonds. The highest BCUT2D eigenvalue weighted by atomic mass is 32.1. The maximum absolute atomic E-state index is 12.6. The Bertz CT molecular complexity index is 720. The minimum absolute atomic E-state index is 0.122. The number of amides is 1. The van der Waals surface area contributed by atoms with Crippen molar-refractivity contribution in [3.63, 3.8) is 0 Å². The fourth-order valence-corrected chi connectivity index (χ4v) is 3.72. The van der Waals surface area contributed by atoms with Crippen molar-refractivity contribution in [1.29, 1.82) is 0 Å². The van der Waals surface area contributed by atoms with Crippen LogP contribution >= 0.6 is 11.3 Å². The molecular formula is C18H19NO4S. The lowest BCUT2D eigenvalue weighted by atomic mass is 9.80. The summed E-state index contributed by atoms with van der Waals surface area (Å²) in [4.78, 5) is 24.8. The van der Waals surface area contributed by atoms with E-state index < -0.39 is 11.4 Å². The molecule has 5 nitrogen and oxygen atoms in total. The van der Waals surface area contributed by atoms with Crippen molar-refractivity contribution in [3.05, 3.63) is 46.7 Å². The number of carboxylic acids is 1. The molecule has 24 heavy (non-hydrogen) atoms. The number of hydrogen-bond acceptors (Lipinski definition) is 4. The first-order chi connectivity index (χ1) is 11.6.